The van der Waals surface area contributed by atoms with Gasteiger partial charge in [0.05, 0.1) is 11.4 Å². The van der Waals surface area contributed by atoms with Gasteiger partial charge in [0.2, 0.25) is 5.91 Å². The first-order valence-corrected chi connectivity index (χ1v) is 8.97. The topological polar surface area (TPSA) is 58.2 Å². The third-order valence-electron chi connectivity index (χ3n) is 3.97. The summed E-state index contributed by atoms with van der Waals surface area (Å²) in [6.07, 6.45) is 4.63. The minimum absolute atomic E-state index is 0.0133. The third kappa shape index (κ3) is 4.50. The van der Waals surface area contributed by atoms with E-state index >= 15 is 0 Å². The van der Waals surface area contributed by atoms with Crippen LogP contribution in [0.4, 0.5) is 5.69 Å². The van der Waals surface area contributed by atoms with Crippen LogP contribution in [0.1, 0.15) is 49.9 Å². The Balaban J connectivity index is 1.95. The highest BCUT2D eigenvalue weighted by atomic mass is 32.2. The number of thioether (sulfide) groups is 1. The number of rotatable bonds is 7. The van der Waals surface area contributed by atoms with Crippen LogP contribution in [0.2, 0.25) is 0 Å². The van der Waals surface area contributed by atoms with Crippen molar-refractivity contribution in [1.82, 2.24) is 5.32 Å². The number of fused-ring (bicyclic) bond motifs is 1. The van der Waals surface area contributed by atoms with Crippen molar-refractivity contribution in [2.24, 2.45) is 5.92 Å². The number of benzene rings is 1. The molecule has 0 fully saturated rings. The van der Waals surface area contributed by atoms with Gasteiger partial charge in [-0.1, -0.05) is 33.1 Å². The van der Waals surface area contributed by atoms with Gasteiger partial charge in [-0.2, -0.15) is 0 Å². The van der Waals surface area contributed by atoms with E-state index < -0.39 is 0 Å². The van der Waals surface area contributed by atoms with E-state index in [-0.39, 0.29) is 11.8 Å². The second kappa shape index (κ2) is 8.22. The minimum Gasteiger partial charge on any atom is -0.352 e. The Labute approximate surface area is 136 Å². The quantitative estimate of drug-likeness (QED) is 0.806. The molecule has 0 aliphatic carbocycles. The molecule has 1 aromatic carbocycles. The van der Waals surface area contributed by atoms with Crippen molar-refractivity contribution >= 4 is 29.3 Å². The van der Waals surface area contributed by atoms with Crippen molar-refractivity contribution in [2.45, 2.75) is 44.4 Å². The lowest BCUT2D eigenvalue weighted by molar-refractivity contribution is -0.113. The molecular formula is C17H24N2O2S. The fourth-order valence-electron chi connectivity index (χ4n) is 2.51. The monoisotopic (exact) mass is 320 g/mol. The van der Waals surface area contributed by atoms with Gasteiger partial charge in [-0.15, -0.1) is 11.8 Å². The van der Waals surface area contributed by atoms with E-state index in [1.165, 1.54) is 24.6 Å². The number of anilines is 1. The molecule has 2 N–H and O–H groups in total. The molecule has 1 unspecified atom stereocenters. The number of hydrogen-bond acceptors (Lipinski definition) is 3. The van der Waals surface area contributed by atoms with Crippen molar-refractivity contribution in [2.75, 3.05) is 17.6 Å². The molecule has 1 atom stereocenters. The zero-order valence-corrected chi connectivity index (χ0v) is 14.1. The van der Waals surface area contributed by atoms with E-state index in [0.29, 0.717) is 23.8 Å². The number of carbonyl (C=O) groups is 2. The molecule has 4 nitrogen and oxygen atoms in total. The molecule has 22 heavy (non-hydrogen) atoms. The molecule has 2 amide bonds. The lowest BCUT2D eigenvalue weighted by Crippen LogP contribution is -2.29. The van der Waals surface area contributed by atoms with Crippen LogP contribution in [0.15, 0.2) is 23.1 Å². The minimum atomic E-state index is -0.0671. The molecule has 120 valence electrons. The van der Waals surface area contributed by atoms with Crippen LogP contribution in [0.5, 0.6) is 0 Å². The molecule has 0 radical (unpaired) electrons. The zero-order valence-electron chi connectivity index (χ0n) is 13.3. The smallest absolute Gasteiger partial charge is 0.251 e. The fraction of sp³-hybridized carbons (Fsp3) is 0.529. The number of nitrogens with one attached hydrogen (secondary N) is 2. The van der Waals surface area contributed by atoms with Crippen LogP contribution in [-0.4, -0.2) is 24.1 Å². The maximum Gasteiger partial charge on any atom is 0.251 e. The predicted molar refractivity (Wildman–Crippen MR) is 91.4 cm³/mol. The summed E-state index contributed by atoms with van der Waals surface area (Å²) in [6.45, 7) is 5.07. The Bertz CT molecular complexity index is 545. The number of amides is 2. The first-order chi connectivity index (χ1) is 10.6. The Morgan fingerprint density at radius 1 is 1.41 bits per heavy atom. The summed E-state index contributed by atoms with van der Waals surface area (Å²) in [6, 6.07) is 5.50. The average Bonchev–Trinajstić information content (AvgIpc) is 2.54. The highest BCUT2D eigenvalue weighted by Gasteiger charge is 2.17. The van der Waals surface area contributed by atoms with E-state index in [9.17, 15) is 9.59 Å². The lowest BCUT2D eigenvalue weighted by atomic mass is 9.99. The van der Waals surface area contributed by atoms with Crippen LogP contribution in [0.3, 0.4) is 0 Å². The first-order valence-electron chi connectivity index (χ1n) is 7.99. The molecule has 0 saturated heterocycles. The van der Waals surface area contributed by atoms with Gasteiger partial charge in [-0.05, 0) is 30.5 Å². The van der Waals surface area contributed by atoms with Gasteiger partial charge in [0.25, 0.3) is 5.91 Å². The van der Waals surface area contributed by atoms with Crippen molar-refractivity contribution in [3.8, 4) is 0 Å². The molecular weight excluding hydrogens is 296 g/mol. The average molecular weight is 320 g/mol. The summed E-state index contributed by atoms with van der Waals surface area (Å²) in [5, 5.41) is 5.84. The predicted octanol–water partition coefficient (Wildman–Crippen LogP) is 3.68. The van der Waals surface area contributed by atoms with Crippen LogP contribution < -0.4 is 10.6 Å². The molecule has 0 aromatic heterocycles. The van der Waals surface area contributed by atoms with Crippen molar-refractivity contribution in [3.05, 3.63) is 23.8 Å². The molecule has 1 aliphatic rings. The standard InChI is InChI=1S/C17H24N2O2S/c1-3-5-6-12(4-2)10-18-17(21)13-7-8-15-14(9-13)19-16(20)11-22-15/h7-9,12H,3-6,10-11H2,1-2H3,(H,18,21)(H,19,20). The van der Waals surface area contributed by atoms with Crippen molar-refractivity contribution in [3.63, 3.8) is 0 Å². The highest BCUT2D eigenvalue weighted by molar-refractivity contribution is 8.00. The SMILES string of the molecule is CCCCC(CC)CNC(=O)c1ccc2c(c1)NC(=O)CS2. The van der Waals surface area contributed by atoms with Gasteiger partial charge in [0.15, 0.2) is 0 Å². The molecule has 2 rings (SSSR count). The van der Waals surface area contributed by atoms with E-state index in [4.69, 9.17) is 0 Å². The second-order valence-corrected chi connectivity index (χ2v) is 6.69. The third-order valence-corrected chi connectivity index (χ3v) is 5.04. The van der Waals surface area contributed by atoms with Gasteiger partial charge < -0.3 is 10.6 Å². The van der Waals surface area contributed by atoms with Gasteiger partial charge in [0.1, 0.15) is 0 Å². The molecule has 1 heterocycles. The second-order valence-electron chi connectivity index (χ2n) is 5.67. The normalized spacial score (nSPS) is 14.9. The highest BCUT2D eigenvalue weighted by Crippen LogP contribution is 2.31. The summed E-state index contributed by atoms with van der Waals surface area (Å²) in [4.78, 5) is 24.7. The van der Waals surface area contributed by atoms with Crippen LogP contribution in [0.25, 0.3) is 0 Å². The molecule has 0 spiro atoms. The van der Waals surface area contributed by atoms with E-state index in [1.54, 1.807) is 6.07 Å². The number of hydrogen-bond donors (Lipinski definition) is 2. The first kappa shape index (κ1) is 16.9. The number of carbonyl (C=O) groups excluding carboxylic acids is 2. The van der Waals surface area contributed by atoms with Gasteiger partial charge >= 0.3 is 0 Å². The van der Waals surface area contributed by atoms with Crippen LogP contribution in [0, 0.1) is 5.92 Å². The Kier molecular flexibility index (Phi) is 6.31. The molecule has 5 heteroatoms. The summed E-state index contributed by atoms with van der Waals surface area (Å²) < 4.78 is 0. The van der Waals surface area contributed by atoms with E-state index in [2.05, 4.69) is 24.5 Å². The zero-order chi connectivity index (χ0) is 15.9. The Morgan fingerprint density at radius 2 is 2.23 bits per heavy atom. The van der Waals surface area contributed by atoms with Gasteiger partial charge in [-0.3, -0.25) is 9.59 Å². The summed E-state index contributed by atoms with van der Waals surface area (Å²) in [5.74, 6) is 0.897. The van der Waals surface area contributed by atoms with Crippen molar-refractivity contribution < 1.29 is 9.59 Å². The van der Waals surface area contributed by atoms with Crippen molar-refractivity contribution in [1.29, 1.82) is 0 Å². The van der Waals surface area contributed by atoms with Crippen LogP contribution >= 0.6 is 11.8 Å². The summed E-state index contributed by atoms with van der Waals surface area (Å²) in [5.41, 5.74) is 1.35. The maximum absolute atomic E-state index is 12.3. The molecule has 1 aliphatic heterocycles. The van der Waals surface area contributed by atoms with Gasteiger partial charge in [-0.25, -0.2) is 0 Å². The Hall–Kier alpha value is -1.49. The molecule has 1 aromatic rings. The fourth-order valence-corrected chi connectivity index (χ4v) is 3.30. The van der Waals surface area contributed by atoms with E-state index in [0.717, 1.165) is 23.4 Å². The van der Waals surface area contributed by atoms with E-state index in [1.807, 2.05) is 12.1 Å². The number of unbranched alkanes of at least 4 members (excludes halogenated alkanes) is 1. The molecule has 0 bridgehead atoms. The summed E-state index contributed by atoms with van der Waals surface area (Å²) >= 11 is 1.50. The summed E-state index contributed by atoms with van der Waals surface area (Å²) in [7, 11) is 0. The molecule has 0 saturated carbocycles. The maximum atomic E-state index is 12.3. The van der Waals surface area contributed by atoms with Crippen LogP contribution in [-0.2, 0) is 4.79 Å². The van der Waals surface area contributed by atoms with Gasteiger partial charge in [0, 0.05) is 17.0 Å². The lowest BCUT2D eigenvalue weighted by Gasteiger charge is -2.18. The Morgan fingerprint density at radius 3 is 2.95 bits per heavy atom. The largest absolute Gasteiger partial charge is 0.352 e.